The number of hydrogen-bond acceptors (Lipinski definition) is 6. The van der Waals surface area contributed by atoms with Crippen molar-refractivity contribution >= 4 is 27.7 Å². The second kappa shape index (κ2) is 9.82. The number of rotatable bonds is 9. The largest absolute Gasteiger partial charge is 0.409 e. The highest BCUT2D eigenvalue weighted by atomic mass is 32.2. The van der Waals surface area contributed by atoms with Crippen LogP contribution in [0, 0.1) is 11.8 Å². The standard InChI is InChI=1S/C23H27N5O5S/c24-22(27-31)17-8-6-15(7-9-17)11-25-23(30)21-19-10-18(19)13-28(21)20(29)12-26-34(32,33)14-16-4-2-1-3-5-16/h1-9,18-19,21,26,31H,10-14H2,(H2,24,27)(H,25,30)/t18?,19-,21?/m0/s1. The number of benzene rings is 2. The highest BCUT2D eigenvalue weighted by Gasteiger charge is 2.56. The zero-order chi connectivity index (χ0) is 24.3. The molecule has 4 rings (SSSR count). The van der Waals surface area contributed by atoms with Crippen LogP contribution in [0.1, 0.15) is 23.1 Å². The number of amides is 2. The summed E-state index contributed by atoms with van der Waals surface area (Å²) in [6, 6.07) is 15.0. The van der Waals surface area contributed by atoms with Crippen molar-refractivity contribution < 1.29 is 23.2 Å². The van der Waals surface area contributed by atoms with Gasteiger partial charge in [0.15, 0.2) is 5.84 Å². The zero-order valence-electron chi connectivity index (χ0n) is 18.4. The van der Waals surface area contributed by atoms with E-state index in [2.05, 4.69) is 15.2 Å². The molecular formula is C23H27N5O5S. The Hall–Kier alpha value is -3.44. The fourth-order valence-electron chi connectivity index (χ4n) is 4.32. The summed E-state index contributed by atoms with van der Waals surface area (Å²) in [5, 5.41) is 14.6. The second-order valence-corrected chi connectivity index (χ2v) is 10.4. The third-order valence-electron chi connectivity index (χ3n) is 6.21. The Labute approximate surface area is 197 Å². The van der Waals surface area contributed by atoms with E-state index >= 15 is 0 Å². The number of oxime groups is 1. The number of sulfonamides is 1. The number of nitrogens with two attached hydrogens (primary N) is 1. The number of carbonyl (C=O) groups excluding carboxylic acids is 2. The monoisotopic (exact) mass is 485 g/mol. The van der Waals surface area contributed by atoms with Gasteiger partial charge in [0.25, 0.3) is 0 Å². The van der Waals surface area contributed by atoms with Crippen LogP contribution in [-0.2, 0) is 31.9 Å². The summed E-state index contributed by atoms with van der Waals surface area (Å²) in [6.45, 7) is 0.332. The number of hydrogen-bond donors (Lipinski definition) is 4. The first-order chi connectivity index (χ1) is 16.3. The van der Waals surface area contributed by atoms with E-state index in [4.69, 9.17) is 10.9 Å². The van der Waals surface area contributed by atoms with Crippen molar-refractivity contribution in [2.24, 2.45) is 22.7 Å². The molecule has 11 heteroatoms. The number of fused-ring (bicyclic) bond motifs is 1. The predicted molar refractivity (Wildman–Crippen MR) is 125 cm³/mol. The Bertz CT molecular complexity index is 1180. The van der Waals surface area contributed by atoms with Crippen LogP contribution < -0.4 is 15.8 Å². The molecule has 3 atom stereocenters. The topological polar surface area (TPSA) is 154 Å². The van der Waals surface area contributed by atoms with Gasteiger partial charge in [-0.2, -0.15) is 0 Å². The predicted octanol–water partition coefficient (Wildman–Crippen LogP) is 0.364. The van der Waals surface area contributed by atoms with Crippen LogP contribution in [0.15, 0.2) is 59.8 Å². The number of amidine groups is 1. The Morgan fingerprint density at radius 3 is 2.47 bits per heavy atom. The molecule has 1 aliphatic heterocycles. The van der Waals surface area contributed by atoms with Gasteiger partial charge in [0, 0.05) is 18.7 Å². The summed E-state index contributed by atoms with van der Waals surface area (Å²) in [4.78, 5) is 27.2. The van der Waals surface area contributed by atoms with E-state index in [1.165, 1.54) is 4.90 Å². The molecular weight excluding hydrogens is 458 g/mol. The molecule has 2 unspecified atom stereocenters. The molecule has 2 fully saturated rings. The minimum atomic E-state index is -3.69. The molecule has 5 N–H and O–H groups in total. The SMILES string of the molecule is N/C(=N\O)c1ccc(CNC(=O)C2[C@H]3CC3CN2C(=O)CNS(=O)(=O)Cc2ccccc2)cc1. The molecule has 2 aromatic carbocycles. The highest BCUT2D eigenvalue weighted by molar-refractivity contribution is 7.88. The van der Waals surface area contributed by atoms with Crippen LogP contribution >= 0.6 is 0 Å². The third kappa shape index (κ3) is 5.54. The Morgan fingerprint density at radius 2 is 1.79 bits per heavy atom. The lowest BCUT2D eigenvalue weighted by Gasteiger charge is -2.27. The van der Waals surface area contributed by atoms with E-state index in [0.717, 1.165) is 12.0 Å². The first kappa shape index (κ1) is 23.7. The maximum atomic E-state index is 12.9. The molecule has 2 amide bonds. The van der Waals surface area contributed by atoms with Crippen molar-refractivity contribution in [3.8, 4) is 0 Å². The second-order valence-electron chi connectivity index (χ2n) is 8.62. The van der Waals surface area contributed by atoms with E-state index in [9.17, 15) is 18.0 Å². The summed E-state index contributed by atoms with van der Waals surface area (Å²) < 4.78 is 27.1. The lowest BCUT2D eigenvalue weighted by Crippen LogP contribution is -2.50. The van der Waals surface area contributed by atoms with Crippen molar-refractivity contribution in [2.45, 2.75) is 24.8 Å². The molecule has 1 saturated heterocycles. The van der Waals surface area contributed by atoms with Gasteiger partial charge in [-0.05, 0) is 29.4 Å². The normalized spacial score (nSPS) is 21.7. The molecule has 180 valence electrons. The lowest BCUT2D eigenvalue weighted by molar-refractivity contribution is -0.138. The molecule has 1 aliphatic carbocycles. The maximum absolute atomic E-state index is 12.9. The van der Waals surface area contributed by atoms with Gasteiger partial charge in [0.2, 0.25) is 21.8 Å². The molecule has 0 aromatic heterocycles. The van der Waals surface area contributed by atoms with Crippen molar-refractivity contribution in [3.63, 3.8) is 0 Å². The summed E-state index contributed by atoms with van der Waals surface area (Å²) in [7, 11) is -3.69. The Kier molecular flexibility index (Phi) is 6.85. The summed E-state index contributed by atoms with van der Waals surface area (Å²) in [5.74, 6) is -0.508. The van der Waals surface area contributed by atoms with Gasteiger partial charge < -0.3 is 21.2 Å². The van der Waals surface area contributed by atoms with Gasteiger partial charge >= 0.3 is 0 Å². The molecule has 0 bridgehead atoms. The van der Waals surface area contributed by atoms with Crippen LogP contribution in [0.4, 0.5) is 0 Å². The zero-order valence-corrected chi connectivity index (χ0v) is 19.2. The molecule has 10 nitrogen and oxygen atoms in total. The first-order valence-electron chi connectivity index (χ1n) is 10.9. The van der Waals surface area contributed by atoms with Crippen LogP contribution in [-0.4, -0.2) is 55.3 Å². The van der Waals surface area contributed by atoms with Crippen molar-refractivity contribution in [3.05, 3.63) is 71.3 Å². The minimum absolute atomic E-state index is 0.00476. The number of carbonyl (C=O) groups is 2. The summed E-state index contributed by atoms with van der Waals surface area (Å²) in [6.07, 6.45) is 0.885. The van der Waals surface area contributed by atoms with Crippen LogP contribution in [0.2, 0.25) is 0 Å². The number of likely N-dealkylation sites (tertiary alicyclic amines) is 1. The van der Waals surface area contributed by atoms with E-state index in [-0.39, 0.29) is 42.4 Å². The summed E-state index contributed by atoms with van der Waals surface area (Å²) in [5.41, 5.74) is 7.55. The van der Waals surface area contributed by atoms with Gasteiger partial charge in [-0.25, -0.2) is 13.1 Å². The van der Waals surface area contributed by atoms with E-state index in [1.807, 2.05) is 0 Å². The third-order valence-corrected chi connectivity index (χ3v) is 7.50. The van der Waals surface area contributed by atoms with Gasteiger partial charge in [-0.15, -0.1) is 0 Å². The number of piperidine rings is 1. The highest BCUT2D eigenvalue weighted by Crippen LogP contribution is 2.49. The Morgan fingerprint density at radius 1 is 1.09 bits per heavy atom. The van der Waals surface area contributed by atoms with Crippen molar-refractivity contribution in [2.75, 3.05) is 13.1 Å². The molecule has 1 heterocycles. The maximum Gasteiger partial charge on any atom is 0.243 e. The first-order valence-corrected chi connectivity index (χ1v) is 12.6. The quantitative estimate of drug-likeness (QED) is 0.174. The molecule has 0 spiro atoms. The fraction of sp³-hybridized carbons (Fsp3) is 0.348. The van der Waals surface area contributed by atoms with Gasteiger partial charge in [-0.3, -0.25) is 9.59 Å². The smallest absolute Gasteiger partial charge is 0.243 e. The van der Waals surface area contributed by atoms with Gasteiger partial charge in [0.05, 0.1) is 12.3 Å². The number of nitrogens with one attached hydrogen (secondary N) is 2. The Balaban J connectivity index is 1.32. The van der Waals surface area contributed by atoms with Crippen molar-refractivity contribution in [1.82, 2.24) is 14.9 Å². The molecule has 2 aliphatic rings. The van der Waals surface area contributed by atoms with Crippen LogP contribution in [0.3, 0.4) is 0 Å². The van der Waals surface area contributed by atoms with Gasteiger partial charge in [0.1, 0.15) is 6.04 Å². The van der Waals surface area contributed by atoms with E-state index in [0.29, 0.717) is 17.7 Å². The lowest BCUT2D eigenvalue weighted by atomic mass is 10.1. The molecule has 2 aromatic rings. The van der Waals surface area contributed by atoms with Crippen LogP contribution in [0.5, 0.6) is 0 Å². The summed E-state index contributed by atoms with van der Waals surface area (Å²) >= 11 is 0. The van der Waals surface area contributed by atoms with Crippen molar-refractivity contribution in [1.29, 1.82) is 0 Å². The average Bonchev–Trinajstić information content (AvgIpc) is 3.50. The average molecular weight is 486 g/mol. The van der Waals surface area contributed by atoms with E-state index < -0.39 is 22.0 Å². The molecule has 0 radical (unpaired) electrons. The molecule has 34 heavy (non-hydrogen) atoms. The van der Waals surface area contributed by atoms with Crippen LogP contribution in [0.25, 0.3) is 0 Å². The fourth-order valence-corrected chi connectivity index (χ4v) is 5.40. The minimum Gasteiger partial charge on any atom is -0.409 e. The van der Waals surface area contributed by atoms with Gasteiger partial charge in [-0.1, -0.05) is 59.8 Å². The molecule has 1 saturated carbocycles. The van der Waals surface area contributed by atoms with E-state index in [1.54, 1.807) is 54.6 Å². The number of nitrogens with zero attached hydrogens (tertiary/aromatic N) is 2.